The van der Waals surface area contributed by atoms with Crippen LogP contribution in [0.3, 0.4) is 0 Å². The number of methoxy groups -OCH3 is 1. The van der Waals surface area contributed by atoms with Crippen LogP contribution in [0.4, 0.5) is 0 Å². The monoisotopic (exact) mass is 434 g/mol. The third-order valence-electron chi connectivity index (χ3n) is 5.95. The Morgan fingerprint density at radius 3 is 2.62 bits per heavy atom. The molecule has 1 aliphatic rings. The molecule has 1 aromatic heterocycles. The number of carbonyl (C=O) groups is 1. The van der Waals surface area contributed by atoms with Crippen molar-refractivity contribution in [2.45, 2.75) is 39.0 Å². The van der Waals surface area contributed by atoms with Gasteiger partial charge in [-0.05, 0) is 30.2 Å². The van der Waals surface area contributed by atoms with E-state index in [2.05, 4.69) is 27.4 Å². The number of nitrogens with zero attached hydrogens (tertiary/aromatic N) is 3. The topological polar surface area (TPSA) is 79.6 Å². The Morgan fingerprint density at radius 1 is 1.19 bits per heavy atom. The van der Waals surface area contributed by atoms with Gasteiger partial charge >= 0.3 is 0 Å². The number of aromatic nitrogens is 2. The third kappa shape index (κ3) is 4.84. The van der Waals surface area contributed by atoms with Crippen molar-refractivity contribution in [2.24, 2.45) is 0 Å². The van der Waals surface area contributed by atoms with Crippen molar-refractivity contribution in [3.05, 3.63) is 82.7 Å². The molecule has 7 heteroatoms. The quantitative estimate of drug-likeness (QED) is 0.570. The average molecular weight is 435 g/mol. The molecular formula is C25H30N4O3. The molecule has 2 heterocycles. The summed E-state index contributed by atoms with van der Waals surface area (Å²) < 4.78 is 7.04. The van der Waals surface area contributed by atoms with Crippen LogP contribution in [-0.4, -0.2) is 46.0 Å². The van der Waals surface area contributed by atoms with Crippen molar-refractivity contribution in [3.8, 4) is 5.75 Å². The van der Waals surface area contributed by atoms with Crippen molar-refractivity contribution < 1.29 is 14.6 Å². The van der Waals surface area contributed by atoms with Gasteiger partial charge in [0, 0.05) is 37.3 Å². The van der Waals surface area contributed by atoms with E-state index in [0.29, 0.717) is 18.8 Å². The molecule has 0 saturated carbocycles. The summed E-state index contributed by atoms with van der Waals surface area (Å²) in [6.45, 7) is 4.66. The van der Waals surface area contributed by atoms with Gasteiger partial charge < -0.3 is 15.2 Å². The van der Waals surface area contributed by atoms with E-state index >= 15 is 0 Å². The zero-order valence-electron chi connectivity index (χ0n) is 18.6. The molecule has 0 spiro atoms. The van der Waals surface area contributed by atoms with Crippen molar-refractivity contribution in [1.29, 1.82) is 0 Å². The van der Waals surface area contributed by atoms with Crippen LogP contribution < -0.4 is 10.1 Å². The smallest absolute Gasteiger partial charge is 0.272 e. The summed E-state index contributed by atoms with van der Waals surface area (Å²) in [6, 6.07) is 17.8. The van der Waals surface area contributed by atoms with Crippen LogP contribution in [0.5, 0.6) is 5.75 Å². The van der Waals surface area contributed by atoms with Crippen LogP contribution in [-0.2, 0) is 26.1 Å². The minimum Gasteiger partial charge on any atom is -0.497 e. The van der Waals surface area contributed by atoms with Crippen LogP contribution in [0.25, 0.3) is 0 Å². The van der Waals surface area contributed by atoms with E-state index in [1.165, 1.54) is 5.56 Å². The number of aliphatic hydroxyl groups excluding tert-OH is 1. The summed E-state index contributed by atoms with van der Waals surface area (Å²) in [5, 5.41) is 17.2. The lowest BCUT2D eigenvalue weighted by molar-refractivity contribution is 0.0931. The Labute approximate surface area is 188 Å². The summed E-state index contributed by atoms with van der Waals surface area (Å²) in [4.78, 5) is 15.5. The molecule has 0 radical (unpaired) electrons. The normalized spacial score (nSPS) is 14.6. The van der Waals surface area contributed by atoms with Crippen LogP contribution in [0, 0.1) is 0 Å². The first-order chi connectivity index (χ1) is 15.6. The van der Waals surface area contributed by atoms with Gasteiger partial charge in [0.15, 0.2) is 5.69 Å². The van der Waals surface area contributed by atoms with Crippen LogP contribution in [0.15, 0.2) is 54.6 Å². The summed E-state index contributed by atoms with van der Waals surface area (Å²) in [5.74, 6) is 0.659. The predicted molar refractivity (Wildman–Crippen MR) is 122 cm³/mol. The Morgan fingerprint density at radius 2 is 1.94 bits per heavy atom. The first-order valence-electron chi connectivity index (χ1n) is 11.0. The number of rotatable bonds is 8. The van der Waals surface area contributed by atoms with E-state index in [1.54, 1.807) is 11.8 Å². The second-order valence-electron chi connectivity index (χ2n) is 8.14. The van der Waals surface area contributed by atoms with Gasteiger partial charge in [0.2, 0.25) is 0 Å². The molecule has 168 valence electrons. The van der Waals surface area contributed by atoms with Crippen LogP contribution >= 0.6 is 0 Å². The van der Waals surface area contributed by atoms with Gasteiger partial charge in [-0.25, -0.2) is 0 Å². The number of nitrogens with one attached hydrogen (secondary N) is 1. The zero-order chi connectivity index (χ0) is 22.5. The van der Waals surface area contributed by atoms with E-state index < -0.39 is 0 Å². The molecule has 1 aliphatic heterocycles. The number of ether oxygens (including phenoxy) is 1. The van der Waals surface area contributed by atoms with Gasteiger partial charge in [0.25, 0.3) is 5.91 Å². The number of hydrogen-bond donors (Lipinski definition) is 2. The molecule has 7 nitrogen and oxygen atoms in total. The van der Waals surface area contributed by atoms with E-state index in [1.807, 2.05) is 49.4 Å². The first-order valence-corrected chi connectivity index (χ1v) is 11.0. The molecule has 4 rings (SSSR count). The molecule has 3 aromatic rings. The zero-order valence-corrected chi connectivity index (χ0v) is 18.6. The highest BCUT2D eigenvalue weighted by atomic mass is 16.5. The Kier molecular flexibility index (Phi) is 6.87. The maximum atomic E-state index is 13.2. The fourth-order valence-electron chi connectivity index (χ4n) is 4.22. The minimum atomic E-state index is -0.180. The molecule has 0 bridgehead atoms. The Hall–Kier alpha value is -3.16. The predicted octanol–water partition coefficient (Wildman–Crippen LogP) is 2.93. The van der Waals surface area contributed by atoms with Gasteiger partial charge in [-0.2, -0.15) is 5.10 Å². The number of hydrogen-bond acceptors (Lipinski definition) is 5. The highest BCUT2D eigenvalue weighted by Crippen LogP contribution is 2.25. The average Bonchev–Trinajstić information content (AvgIpc) is 3.18. The maximum absolute atomic E-state index is 13.2. The van der Waals surface area contributed by atoms with Gasteiger partial charge in [-0.15, -0.1) is 0 Å². The summed E-state index contributed by atoms with van der Waals surface area (Å²) in [6.07, 6.45) is 0.792. The van der Waals surface area contributed by atoms with Crippen molar-refractivity contribution in [2.75, 3.05) is 20.3 Å². The number of amides is 1. The van der Waals surface area contributed by atoms with Crippen molar-refractivity contribution >= 4 is 5.91 Å². The highest BCUT2D eigenvalue weighted by Gasteiger charge is 2.28. The fraction of sp³-hybridized carbons (Fsp3) is 0.360. The molecule has 0 aliphatic carbocycles. The molecular weight excluding hydrogens is 404 g/mol. The Bertz CT molecular complexity index is 1050. The summed E-state index contributed by atoms with van der Waals surface area (Å²) >= 11 is 0. The van der Waals surface area contributed by atoms with E-state index in [0.717, 1.165) is 42.1 Å². The molecule has 32 heavy (non-hydrogen) atoms. The number of fused-ring (bicyclic) bond motifs is 1. The Balaban J connectivity index is 1.53. The summed E-state index contributed by atoms with van der Waals surface area (Å²) in [5.41, 5.74) is 4.69. The molecule has 2 aromatic carbocycles. The first kappa shape index (κ1) is 22.0. The van der Waals surface area contributed by atoms with Gasteiger partial charge in [-0.1, -0.05) is 42.5 Å². The van der Waals surface area contributed by atoms with E-state index in [4.69, 9.17) is 4.74 Å². The number of aliphatic hydroxyl groups is 1. The van der Waals surface area contributed by atoms with E-state index in [-0.39, 0.29) is 18.6 Å². The SMILES string of the molecule is COc1ccc(CN2CCc3c(c(C(=O)NC(C)c4ccccc4)nn3CCO)C2)cc1. The molecule has 1 atom stereocenters. The second-order valence-corrected chi connectivity index (χ2v) is 8.14. The largest absolute Gasteiger partial charge is 0.497 e. The molecule has 0 saturated heterocycles. The van der Waals surface area contributed by atoms with Gasteiger partial charge in [0.05, 0.1) is 26.3 Å². The molecule has 0 fully saturated rings. The minimum absolute atomic E-state index is 0.00877. The molecule has 1 amide bonds. The van der Waals surface area contributed by atoms with Crippen LogP contribution in [0.2, 0.25) is 0 Å². The van der Waals surface area contributed by atoms with Crippen molar-refractivity contribution in [1.82, 2.24) is 20.0 Å². The third-order valence-corrected chi connectivity index (χ3v) is 5.95. The van der Waals surface area contributed by atoms with Crippen LogP contribution in [0.1, 0.15) is 45.8 Å². The number of benzene rings is 2. The molecule has 1 unspecified atom stereocenters. The lowest BCUT2D eigenvalue weighted by Crippen LogP contribution is -2.33. The van der Waals surface area contributed by atoms with Gasteiger partial charge in [0.1, 0.15) is 5.75 Å². The van der Waals surface area contributed by atoms with Gasteiger partial charge in [-0.3, -0.25) is 14.4 Å². The molecule has 2 N–H and O–H groups in total. The number of carbonyl (C=O) groups excluding carboxylic acids is 1. The van der Waals surface area contributed by atoms with Crippen molar-refractivity contribution in [3.63, 3.8) is 0 Å². The highest BCUT2D eigenvalue weighted by molar-refractivity contribution is 5.94. The fourth-order valence-corrected chi connectivity index (χ4v) is 4.22. The standard InChI is InChI=1S/C25H30N4O3/c1-18(20-6-4-3-5-7-20)26-25(31)24-22-17-28(13-12-23(22)29(27-24)14-15-30)16-19-8-10-21(32-2)11-9-19/h3-11,18,30H,12-17H2,1-2H3,(H,26,31). The van der Waals surface area contributed by atoms with E-state index in [9.17, 15) is 9.90 Å². The lowest BCUT2D eigenvalue weighted by Gasteiger charge is -2.28. The maximum Gasteiger partial charge on any atom is 0.272 e. The lowest BCUT2D eigenvalue weighted by atomic mass is 10.0. The summed E-state index contributed by atoms with van der Waals surface area (Å²) in [7, 11) is 1.66. The second kappa shape index (κ2) is 9.97.